The van der Waals surface area contributed by atoms with Gasteiger partial charge < -0.3 is 10.6 Å². The van der Waals surface area contributed by atoms with Gasteiger partial charge in [-0.05, 0) is 30.2 Å². The van der Waals surface area contributed by atoms with Crippen molar-refractivity contribution in [1.82, 2.24) is 0 Å². The van der Waals surface area contributed by atoms with Crippen LogP contribution in [0.25, 0.3) is 0 Å². The van der Waals surface area contributed by atoms with Crippen molar-refractivity contribution < 1.29 is 48.3 Å². The third-order valence-electron chi connectivity index (χ3n) is 5.24. The lowest BCUT2D eigenvalue weighted by Crippen LogP contribution is -2.51. The highest BCUT2D eigenvalue weighted by Crippen LogP contribution is 2.53. The van der Waals surface area contributed by atoms with Gasteiger partial charge in [-0.2, -0.15) is 26.3 Å². The van der Waals surface area contributed by atoms with Crippen molar-refractivity contribution in [3.8, 4) is 0 Å². The van der Waals surface area contributed by atoms with Crippen LogP contribution in [0, 0.1) is 5.82 Å². The Labute approximate surface area is 202 Å². The number of nitrogen functional groups attached to an aromatic ring is 1. The summed E-state index contributed by atoms with van der Waals surface area (Å²) in [7, 11) is 1.97. The molecule has 0 fully saturated rings. The smallest absolute Gasteiger partial charge is 0.396 e. The van der Waals surface area contributed by atoms with Gasteiger partial charge in [-0.15, -0.1) is 0 Å². The van der Waals surface area contributed by atoms with Gasteiger partial charge in [0.15, 0.2) is 5.82 Å². The van der Waals surface area contributed by atoms with Gasteiger partial charge in [-0.1, -0.05) is 24.5 Å². The number of halogens is 8. The molecular weight excluding hydrogens is 523 g/mol. The van der Waals surface area contributed by atoms with Crippen molar-refractivity contribution in [2.24, 2.45) is 0 Å². The summed E-state index contributed by atoms with van der Waals surface area (Å²) in [5, 5.41) is 0. The Balaban J connectivity index is 2.82. The van der Waals surface area contributed by atoms with Crippen molar-refractivity contribution in [2.45, 2.75) is 31.4 Å². The largest absolute Gasteiger partial charge is 0.435 e. The minimum absolute atomic E-state index is 0.0614. The second kappa shape index (κ2) is 9.90. The monoisotopic (exact) mass is 542 g/mol. The Morgan fingerprint density at radius 3 is 2.08 bits per heavy atom. The number of rotatable bonds is 7. The van der Waals surface area contributed by atoms with Gasteiger partial charge in [0.25, 0.3) is 5.91 Å². The normalized spacial score (nSPS) is 13.1. The van der Waals surface area contributed by atoms with E-state index >= 15 is 0 Å². The zero-order chi connectivity index (χ0) is 27.9. The van der Waals surface area contributed by atoms with E-state index in [-0.39, 0.29) is 18.6 Å². The highest BCUT2D eigenvalue weighted by molar-refractivity contribution is 7.90. The molecule has 36 heavy (non-hydrogen) atoms. The lowest BCUT2D eigenvalue weighted by atomic mass is 9.83. The molecule has 196 valence electrons. The molecule has 2 aromatic rings. The third-order valence-corrected chi connectivity index (χ3v) is 6.16. The second-order valence-electron chi connectivity index (χ2n) is 7.88. The summed E-state index contributed by atoms with van der Waals surface area (Å²) in [6.07, 6.45) is -12.4. The highest BCUT2D eigenvalue weighted by atomic mass is 32.2. The van der Waals surface area contributed by atoms with Crippen LogP contribution in [0.5, 0.6) is 0 Å². The molecule has 5 nitrogen and oxygen atoms in total. The second-order valence-corrected chi connectivity index (χ2v) is 10.1. The first-order valence-electron chi connectivity index (χ1n) is 10.0. The molecule has 0 unspecified atom stereocenters. The van der Waals surface area contributed by atoms with Gasteiger partial charge in [0, 0.05) is 24.1 Å². The SMILES string of the molecule is [B]c1cc(C(F)(C(F)(F)F)C(F)(F)F)cc(CC)c1N(CCS(C)(=O)=O)C(=O)c1cccc(N)c1F. The van der Waals surface area contributed by atoms with Crippen LogP contribution in [-0.4, -0.2) is 53.1 Å². The van der Waals surface area contributed by atoms with Crippen molar-refractivity contribution in [2.75, 3.05) is 29.2 Å². The summed E-state index contributed by atoms with van der Waals surface area (Å²) in [5.41, 5.74) is -5.19. The van der Waals surface area contributed by atoms with Gasteiger partial charge in [0.2, 0.25) is 0 Å². The Kier molecular flexibility index (Phi) is 8.09. The number of hydrogen-bond acceptors (Lipinski definition) is 4. The van der Waals surface area contributed by atoms with E-state index in [4.69, 9.17) is 13.6 Å². The molecule has 2 radical (unpaired) electrons. The fourth-order valence-corrected chi connectivity index (χ4v) is 3.95. The molecule has 0 aliphatic rings. The maximum absolute atomic E-state index is 14.7. The molecule has 15 heteroatoms. The summed E-state index contributed by atoms with van der Waals surface area (Å²) >= 11 is 0. The number of alkyl halides is 7. The van der Waals surface area contributed by atoms with Gasteiger partial charge in [0.1, 0.15) is 17.7 Å². The zero-order valence-electron chi connectivity index (χ0n) is 18.8. The van der Waals surface area contributed by atoms with Crippen LogP contribution in [0.3, 0.4) is 0 Å². The third kappa shape index (κ3) is 5.60. The average Bonchev–Trinajstić information content (AvgIpc) is 2.73. The Morgan fingerprint density at radius 1 is 1.06 bits per heavy atom. The summed E-state index contributed by atoms with van der Waals surface area (Å²) < 4.78 is 132. The summed E-state index contributed by atoms with van der Waals surface area (Å²) in [5.74, 6) is -3.15. The van der Waals surface area contributed by atoms with Gasteiger partial charge in [-0.3, -0.25) is 4.79 Å². The van der Waals surface area contributed by atoms with E-state index in [9.17, 15) is 48.3 Å². The van der Waals surface area contributed by atoms with Crippen molar-refractivity contribution in [3.63, 3.8) is 0 Å². The van der Waals surface area contributed by atoms with Crippen LogP contribution < -0.4 is 16.1 Å². The van der Waals surface area contributed by atoms with E-state index in [2.05, 4.69) is 0 Å². The predicted octanol–water partition coefficient (Wildman–Crippen LogP) is 3.74. The molecule has 0 aromatic heterocycles. The van der Waals surface area contributed by atoms with Crippen LogP contribution >= 0.6 is 0 Å². The maximum Gasteiger partial charge on any atom is 0.435 e. The molecule has 1 amide bonds. The van der Waals surface area contributed by atoms with Crippen LogP contribution in [0.4, 0.5) is 46.5 Å². The van der Waals surface area contributed by atoms with Gasteiger partial charge >= 0.3 is 18.0 Å². The van der Waals surface area contributed by atoms with Gasteiger partial charge in [-0.25, -0.2) is 17.2 Å². The molecule has 0 atom stereocenters. The van der Waals surface area contributed by atoms with E-state index in [0.29, 0.717) is 4.90 Å². The molecule has 2 rings (SSSR count). The van der Waals surface area contributed by atoms with Crippen LogP contribution in [0.1, 0.15) is 28.4 Å². The molecule has 2 N–H and O–H groups in total. The lowest BCUT2D eigenvalue weighted by Gasteiger charge is -2.33. The van der Waals surface area contributed by atoms with Crippen molar-refractivity contribution in [3.05, 3.63) is 52.8 Å². The number of sulfone groups is 1. The molecule has 0 bridgehead atoms. The molecule has 0 saturated heterocycles. The first-order chi connectivity index (χ1) is 16.3. The standard InChI is InChI=1S/C21H19BF8N2O3S/c1-3-11-9-12(19(24,20(25,26)27)21(28,29)30)10-14(22)17(11)32(7-8-36(2,34)35)18(33)13-5-4-6-15(31)16(13)23/h4-6,9-10H,3,7-8,31H2,1-2H3. The Morgan fingerprint density at radius 2 is 1.61 bits per heavy atom. The molecule has 0 saturated carbocycles. The quantitative estimate of drug-likeness (QED) is 0.329. The zero-order valence-corrected chi connectivity index (χ0v) is 19.6. The Hall–Kier alpha value is -2.84. The lowest BCUT2D eigenvalue weighted by molar-refractivity contribution is -0.348. The number of amides is 1. The number of carbonyl (C=O) groups excluding carboxylic acids is 1. The molecule has 0 heterocycles. The number of carbonyl (C=O) groups is 1. The van der Waals surface area contributed by atoms with Gasteiger partial charge in [0.05, 0.1) is 17.0 Å². The summed E-state index contributed by atoms with van der Waals surface area (Å²) in [4.78, 5) is 13.8. The van der Waals surface area contributed by atoms with Crippen LogP contribution in [0.15, 0.2) is 30.3 Å². The molecular formula is C21H19BF8N2O3S. The fraction of sp³-hybridized carbons (Fsp3) is 0.381. The van der Waals surface area contributed by atoms with Crippen molar-refractivity contribution in [1.29, 1.82) is 0 Å². The van der Waals surface area contributed by atoms with Crippen molar-refractivity contribution >= 4 is 40.4 Å². The van der Waals surface area contributed by atoms with Crippen LogP contribution in [-0.2, 0) is 21.9 Å². The molecule has 2 aromatic carbocycles. The molecule has 0 aliphatic carbocycles. The average molecular weight is 542 g/mol. The van der Waals surface area contributed by atoms with E-state index < -0.39 is 85.4 Å². The predicted molar refractivity (Wildman–Crippen MR) is 118 cm³/mol. The van der Waals surface area contributed by atoms with E-state index in [1.807, 2.05) is 0 Å². The first-order valence-corrected chi connectivity index (χ1v) is 12.1. The minimum atomic E-state index is -6.42. The molecule has 0 spiro atoms. The Bertz CT molecular complexity index is 1250. The van der Waals surface area contributed by atoms with Crippen LogP contribution in [0.2, 0.25) is 0 Å². The summed E-state index contributed by atoms with van der Waals surface area (Å²) in [6.45, 7) is 0.561. The number of anilines is 2. The number of aryl methyl sites for hydroxylation is 1. The number of nitrogens with zero attached hydrogens (tertiary/aromatic N) is 1. The molecule has 0 aliphatic heterocycles. The number of benzene rings is 2. The number of nitrogens with two attached hydrogens (primary N) is 1. The van der Waals surface area contributed by atoms with E-state index in [1.54, 1.807) is 0 Å². The minimum Gasteiger partial charge on any atom is -0.396 e. The fourth-order valence-electron chi connectivity index (χ4n) is 3.44. The van der Waals surface area contributed by atoms with E-state index in [1.165, 1.54) is 13.0 Å². The summed E-state index contributed by atoms with van der Waals surface area (Å²) in [6, 6.07) is 3.59. The first kappa shape index (κ1) is 29.4. The number of hydrogen-bond donors (Lipinski definition) is 1. The topological polar surface area (TPSA) is 80.5 Å². The highest BCUT2D eigenvalue weighted by Gasteiger charge is 2.73. The maximum atomic E-state index is 14.7. The van der Waals surface area contributed by atoms with E-state index in [0.717, 1.165) is 18.4 Å².